The van der Waals surface area contributed by atoms with Crippen molar-refractivity contribution in [2.24, 2.45) is 0 Å². The normalized spacial score (nSPS) is 22.0. The standard InChI is InChI=1S/C18H20N2O/c1-20(17-8-4-5-9-18(17)21)16-11-10-13(12-19)14-6-2-3-7-15(14)16/h2-3,6-7,10-11,17-18,21H,4-5,8-9H2,1H3. The number of hydrogen-bond acceptors (Lipinski definition) is 3. The lowest BCUT2D eigenvalue weighted by Crippen LogP contribution is -2.43. The van der Waals surface area contributed by atoms with E-state index in [1.807, 2.05) is 37.4 Å². The zero-order chi connectivity index (χ0) is 14.8. The summed E-state index contributed by atoms with van der Waals surface area (Å²) in [5.74, 6) is 0. The van der Waals surface area contributed by atoms with Crippen molar-refractivity contribution in [2.75, 3.05) is 11.9 Å². The zero-order valence-corrected chi connectivity index (χ0v) is 12.3. The monoisotopic (exact) mass is 280 g/mol. The van der Waals surface area contributed by atoms with E-state index in [-0.39, 0.29) is 12.1 Å². The van der Waals surface area contributed by atoms with Crippen LogP contribution in [0.4, 0.5) is 5.69 Å². The molecule has 0 spiro atoms. The largest absolute Gasteiger partial charge is 0.391 e. The van der Waals surface area contributed by atoms with E-state index in [0.717, 1.165) is 35.7 Å². The molecule has 0 aromatic heterocycles. The van der Waals surface area contributed by atoms with Crippen LogP contribution in [0.25, 0.3) is 10.8 Å². The fraction of sp³-hybridized carbons (Fsp3) is 0.389. The van der Waals surface area contributed by atoms with Gasteiger partial charge in [-0.05, 0) is 25.0 Å². The van der Waals surface area contributed by atoms with Crippen LogP contribution in [-0.2, 0) is 0 Å². The number of aliphatic hydroxyl groups excluding tert-OH is 1. The van der Waals surface area contributed by atoms with E-state index in [9.17, 15) is 10.4 Å². The summed E-state index contributed by atoms with van der Waals surface area (Å²) in [7, 11) is 2.05. The maximum atomic E-state index is 10.3. The van der Waals surface area contributed by atoms with E-state index in [1.165, 1.54) is 6.42 Å². The minimum absolute atomic E-state index is 0.162. The highest BCUT2D eigenvalue weighted by molar-refractivity contribution is 5.97. The van der Waals surface area contributed by atoms with Gasteiger partial charge in [0.05, 0.1) is 23.8 Å². The van der Waals surface area contributed by atoms with Gasteiger partial charge < -0.3 is 10.0 Å². The Morgan fingerprint density at radius 1 is 1.10 bits per heavy atom. The number of nitriles is 1. The Labute approximate surface area is 125 Å². The lowest BCUT2D eigenvalue weighted by molar-refractivity contribution is 0.106. The lowest BCUT2D eigenvalue weighted by atomic mass is 9.90. The zero-order valence-electron chi connectivity index (χ0n) is 12.3. The van der Waals surface area contributed by atoms with E-state index in [0.29, 0.717) is 5.56 Å². The SMILES string of the molecule is CN(c1ccc(C#N)c2ccccc12)C1CCCCC1O. The van der Waals surface area contributed by atoms with E-state index in [1.54, 1.807) is 0 Å². The predicted molar refractivity (Wildman–Crippen MR) is 85.3 cm³/mol. The number of aliphatic hydroxyl groups is 1. The van der Waals surface area contributed by atoms with Crippen molar-refractivity contribution in [1.82, 2.24) is 0 Å². The summed E-state index contributed by atoms with van der Waals surface area (Å²) in [6.07, 6.45) is 3.91. The molecule has 1 N–H and O–H groups in total. The van der Waals surface area contributed by atoms with Gasteiger partial charge in [0.15, 0.2) is 0 Å². The molecular weight excluding hydrogens is 260 g/mol. The molecule has 3 nitrogen and oxygen atoms in total. The van der Waals surface area contributed by atoms with E-state index < -0.39 is 0 Å². The van der Waals surface area contributed by atoms with Crippen LogP contribution in [0.1, 0.15) is 31.2 Å². The van der Waals surface area contributed by atoms with Crippen molar-refractivity contribution in [3.8, 4) is 6.07 Å². The van der Waals surface area contributed by atoms with E-state index in [2.05, 4.69) is 17.0 Å². The number of benzene rings is 2. The predicted octanol–water partition coefficient (Wildman–Crippen LogP) is 3.45. The first-order valence-corrected chi connectivity index (χ1v) is 7.55. The van der Waals surface area contributed by atoms with Crippen molar-refractivity contribution in [3.05, 3.63) is 42.0 Å². The molecule has 2 atom stereocenters. The molecule has 2 aromatic carbocycles. The molecule has 0 amide bonds. The first-order valence-electron chi connectivity index (χ1n) is 7.55. The van der Waals surface area contributed by atoms with Crippen molar-refractivity contribution in [2.45, 2.75) is 37.8 Å². The molecule has 1 aliphatic carbocycles. The Morgan fingerprint density at radius 2 is 1.81 bits per heavy atom. The number of hydrogen-bond donors (Lipinski definition) is 1. The third kappa shape index (κ3) is 2.48. The number of fused-ring (bicyclic) bond motifs is 1. The summed E-state index contributed by atoms with van der Waals surface area (Å²) in [4.78, 5) is 2.19. The summed E-state index contributed by atoms with van der Waals surface area (Å²) in [6, 6.07) is 14.3. The Morgan fingerprint density at radius 3 is 2.52 bits per heavy atom. The minimum atomic E-state index is -0.266. The van der Waals surface area contributed by atoms with Gasteiger partial charge in [-0.25, -0.2) is 0 Å². The molecule has 2 unspecified atom stereocenters. The number of anilines is 1. The van der Waals surface area contributed by atoms with Crippen LogP contribution in [0.15, 0.2) is 36.4 Å². The molecule has 0 radical (unpaired) electrons. The number of likely N-dealkylation sites (N-methyl/N-ethyl adjacent to an activating group) is 1. The highest BCUT2D eigenvalue weighted by atomic mass is 16.3. The van der Waals surface area contributed by atoms with Crippen LogP contribution in [0.3, 0.4) is 0 Å². The molecule has 1 saturated carbocycles. The van der Waals surface area contributed by atoms with Gasteiger partial charge in [-0.1, -0.05) is 37.1 Å². The molecule has 0 saturated heterocycles. The smallest absolute Gasteiger partial charge is 0.0998 e. The second kappa shape index (κ2) is 5.75. The van der Waals surface area contributed by atoms with Crippen molar-refractivity contribution in [1.29, 1.82) is 5.26 Å². The highest BCUT2D eigenvalue weighted by Gasteiger charge is 2.27. The Hall–Kier alpha value is -2.05. The molecule has 3 rings (SSSR count). The summed E-state index contributed by atoms with van der Waals surface area (Å²) in [5.41, 5.74) is 1.79. The van der Waals surface area contributed by atoms with Crippen LogP contribution in [0, 0.1) is 11.3 Å². The van der Waals surface area contributed by atoms with Gasteiger partial charge in [-0.15, -0.1) is 0 Å². The van der Waals surface area contributed by atoms with Gasteiger partial charge in [0.2, 0.25) is 0 Å². The summed E-state index contributed by atoms with van der Waals surface area (Å²) >= 11 is 0. The van der Waals surface area contributed by atoms with E-state index >= 15 is 0 Å². The molecule has 1 aliphatic rings. The third-order valence-corrected chi connectivity index (χ3v) is 4.59. The number of nitrogens with zero attached hydrogens (tertiary/aromatic N) is 2. The average molecular weight is 280 g/mol. The quantitative estimate of drug-likeness (QED) is 0.916. The van der Waals surface area contributed by atoms with Gasteiger partial charge in [0.1, 0.15) is 0 Å². The third-order valence-electron chi connectivity index (χ3n) is 4.59. The van der Waals surface area contributed by atoms with Crippen molar-refractivity contribution < 1.29 is 5.11 Å². The average Bonchev–Trinajstić information content (AvgIpc) is 2.53. The summed E-state index contributed by atoms with van der Waals surface area (Å²) in [6.45, 7) is 0. The van der Waals surface area contributed by atoms with Gasteiger partial charge >= 0.3 is 0 Å². The van der Waals surface area contributed by atoms with Gasteiger partial charge in [0.25, 0.3) is 0 Å². The second-order valence-electron chi connectivity index (χ2n) is 5.82. The highest BCUT2D eigenvalue weighted by Crippen LogP contribution is 2.33. The molecule has 108 valence electrons. The molecule has 1 fully saturated rings. The van der Waals surface area contributed by atoms with Gasteiger partial charge in [-0.2, -0.15) is 5.26 Å². The summed E-state index contributed by atoms with van der Waals surface area (Å²) in [5, 5.41) is 21.6. The first kappa shape index (κ1) is 13.9. The van der Waals surface area contributed by atoms with Crippen LogP contribution in [-0.4, -0.2) is 24.3 Å². The topological polar surface area (TPSA) is 47.3 Å². The van der Waals surface area contributed by atoms with Gasteiger partial charge in [-0.3, -0.25) is 0 Å². The van der Waals surface area contributed by atoms with Crippen molar-refractivity contribution >= 4 is 16.5 Å². The second-order valence-corrected chi connectivity index (χ2v) is 5.82. The molecular formula is C18H20N2O. The first-order chi connectivity index (χ1) is 10.2. The molecule has 0 heterocycles. The molecule has 21 heavy (non-hydrogen) atoms. The molecule has 0 bridgehead atoms. The fourth-order valence-electron chi connectivity index (χ4n) is 3.41. The van der Waals surface area contributed by atoms with E-state index in [4.69, 9.17) is 0 Å². The minimum Gasteiger partial charge on any atom is -0.391 e. The summed E-state index contributed by atoms with van der Waals surface area (Å²) < 4.78 is 0. The van der Waals surface area contributed by atoms with Crippen molar-refractivity contribution in [3.63, 3.8) is 0 Å². The maximum absolute atomic E-state index is 10.3. The Balaban J connectivity index is 2.06. The van der Waals surface area contributed by atoms with Crippen LogP contribution < -0.4 is 4.90 Å². The van der Waals surface area contributed by atoms with Crippen LogP contribution >= 0.6 is 0 Å². The molecule has 0 aliphatic heterocycles. The fourth-order valence-corrected chi connectivity index (χ4v) is 3.41. The van der Waals surface area contributed by atoms with Crippen LogP contribution in [0.2, 0.25) is 0 Å². The Bertz CT molecular complexity index is 689. The van der Waals surface area contributed by atoms with Crippen LogP contribution in [0.5, 0.6) is 0 Å². The maximum Gasteiger partial charge on any atom is 0.0998 e. The molecule has 3 heteroatoms. The Kier molecular flexibility index (Phi) is 3.81. The van der Waals surface area contributed by atoms with Gasteiger partial charge in [0, 0.05) is 23.5 Å². The number of rotatable bonds is 2. The molecule has 2 aromatic rings. The lowest BCUT2D eigenvalue weighted by Gasteiger charge is -2.37.